The van der Waals surface area contributed by atoms with Crippen LogP contribution in [0.5, 0.6) is 0 Å². The Hall–Kier alpha value is -1.95. The zero-order chi connectivity index (χ0) is 13.9. The number of nitrogens with two attached hydrogens (primary N) is 1. The summed E-state index contributed by atoms with van der Waals surface area (Å²) in [5.41, 5.74) is 5.39. The van der Waals surface area contributed by atoms with Crippen LogP contribution >= 0.6 is 0 Å². The molecule has 0 aliphatic rings. The fourth-order valence-electron chi connectivity index (χ4n) is 1.34. The molecule has 0 saturated heterocycles. The molecule has 0 aromatic heterocycles. The smallest absolute Gasteiger partial charge is 0.292 e. The minimum absolute atomic E-state index is 0.146. The Kier molecular flexibility index (Phi) is 4.03. The van der Waals surface area contributed by atoms with Crippen molar-refractivity contribution in [3.05, 3.63) is 34.4 Å². The van der Waals surface area contributed by atoms with Crippen LogP contribution in [-0.2, 0) is 4.79 Å². The number of hydrogen-bond donors (Lipinski definition) is 2. The molecule has 1 aromatic rings. The Morgan fingerprint density at radius 1 is 1.39 bits per heavy atom. The highest BCUT2D eigenvalue weighted by molar-refractivity contribution is 5.97. The van der Waals surface area contributed by atoms with E-state index in [-0.39, 0.29) is 11.4 Å². The number of hydrogen-bond acceptors (Lipinski definition) is 4. The zero-order valence-electron chi connectivity index (χ0n) is 10.6. The predicted molar refractivity (Wildman–Crippen MR) is 69.2 cm³/mol. The van der Waals surface area contributed by atoms with Gasteiger partial charge in [0.25, 0.3) is 5.69 Å². The lowest BCUT2D eigenvalue weighted by Crippen LogP contribution is -2.45. The number of rotatable bonds is 3. The van der Waals surface area contributed by atoms with Crippen molar-refractivity contribution in [1.82, 2.24) is 0 Å². The summed E-state index contributed by atoms with van der Waals surface area (Å²) in [7, 11) is 0. The largest absolute Gasteiger partial charge is 0.319 e. The van der Waals surface area contributed by atoms with Crippen LogP contribution in [0.1, 0.15) is 20.8 Å². The number of benzene rings is 1. The van der Waals surface area contributed by atoms with Crippen LogP contribution in [0.25, 0.3) is 0 Å². The highest BCUT2D eigenvalue weighted by atomic mass is 16.6. The van der Waals surface area contributed by atoms with E-state index in [9.17, 15) is 14.9 Å². The normalized spacial score (nSPS) is 12.9. The van der Waals surface area contributed by atoms with Crippen LogP contribution in [0.15, 0.2) is 24.3 Å². The molecule has 0 unspecified atom stereocenters. The molecule has 1 amide bonds. The molecule has 1 rings (SSSR count). The Bertz CT molecular complexity index is 466. The zero-order valence-corrected chi connectivity index (χ0v) is 10.6. The molecule has 6 nitrogen and oxygen atoms in total. The van der Waals surface area contributed by atoms with Crippen LogP contribution in [0, 0.1) is 15.5 Å². The van der Waals surface area contributed by atoms with Gasteiger partial charge in [0.15, 0.2) is 0 Å². The first kappa shape index (κ1) is 14.1. The van der Waals surface area contributed by atoms with E-state index < -0.39 is 22.3 Å². The van der Waals surface area contributed by atoms with Gasteiger partial charge in [0, 0.05) is 6.07 Å². The molecular formula is C12H17N3O3. The van der Waals surface area contributed by atoms with E-state index >= 15 is 0 Å². The number of anilines is 1. The van der Waals surface area contributed by atoms with E-state index in [1.54, 1.807) is 6.07 Å². The molecule has 0 fully saturated rings. The lowest BCUT2D eigenvalue weighted by molar-refractivity contribution is -0.383. The number of nitro benzene ring substituents is 1. The van der Waals surface area contributed by atoms with E-state index in [4.69, 9.17) is 5.73 Å². The van der Waals surface area contributed by atoms with Gasteiger partial charge in [0.1, 0.15) is 5.69 Å². The summed E-state index contributed by atoms with van der Waals surface area (Å²) in [4.78, 5) is 22.1. The number of nitrogens with one attached hydrogen (secondary N) is 1. The van der Waals surface area contributed by atoms with Crippen LogP contribution in [0.2, 0.25) is 0 Å². The van der Waals surface area contributed by atoms with Crippen molar-refractivity contribution in [3.8, 4) is 0 Å². The lowest BCUT2D eigenvalue weighted by Gasteiger charge is -2.25. The van der Waals surface area contributed by atoms with Gasteiger partial charge in [-0.15, -0.1) is 0 Å². The molecule has 0 aliphatic carbocycles. The van der Waals surface area contributed by atoms with Gasteiger partial charge in [-0.2, -0.15) is 0 Å². The van der Waals surface area contributed by atoms with Gasteiger partial charge in [0.2, 0.25) is 5.91 Å². The monoisotopic (exact) mass is 251 g/mol. The summed E-state index contributed by atoms with van der Waals surface area (Å²) in [6, 6.07) is 5.23. The van der Waals surface area contributed by atoms with E-state index in [0.29, 0.717) is 0 Å². The second-order valence-electron chi connectivity index (χ2n) is 5.11. The first-order valence-electron chi connectivity index (χ1n) is 5.53. The molecule has 0 radical (unpaired) electrons. The molecular weight excluding hydrogens is 234 g/mol. The maximum Gasteiger partial charge on any atom is 0.292 e. The molecule has 0 saturated carbocycles. The average Bonchev–Trinajstić information content (AvgIpc) is 2.27. The van der Waals surface area contributed by atoms with Crippen LogP contribution in [-0.4, -0.2) is 16.9 Å². The van der Waals surface area contributed by atoms with Gasteiger partial charge >= 0.3 is 0 Å². The van der Waals surface area contributed by atoms with Crippen molar-refractivity contribution in [2.75, 3.05) is 5.32 Å². The Labute approximate surface area is 105 Å². The van der Waals surface area contributed by atoms with Gasteiger partial charge in [-0.3, -0.25) is 14.9 Å². The summed E-state index contributed by atoms with van der Waals surface area (Å²) in [6.07, 6.45) is 0. The molecule has 0 aliphatic heterocycles. The highest BCUT2D eigenvalue weighted by Crippen LogP contribution is 2.25. The third-order valence-corrected chi connectivity index (χ3v) is 2.57. The standard InChI is InChI=1S/C12H17N3O3/c1-12(2,3)10(13)11(16)14-8-6-4-5-7-9(8)15(17)18/h4-7,10H,13H2,1-3H3,(H,14,16)/t10-/m0/s1. The SMILES string of the molecule is CC(C)(C)[C@@H](N)C(=O)Nc1ccccc1[N+](=O)[O-]. The summed E-state index contributed by atoms with van der Waals surface area (Å²) < 4.78 is 0. The van der Waals surface area contributed by atoms with Gasteiger partial charge in [-0.1, -0.05) is 32.9 Å². The number of para-hydroxylation sites is 2. The van der Waals surface area contributed by atoms with E-state index in [1.807, 2.05) is 20.8 Å². The fraction of sp³-hybridized carbons (Fsp3) is 0.417. The molecule has 0 bridgehead atoms. The van der Waals surface area contributed by atoms with Crippen LogP contribution < -0.4 is 11.1 Å². The molecule has 18 heavy (non-hydrogen) atoms. The van der Waals surface area contributed by atoms with E-state index in [1.165, 1.54) is 18.2 Å². The molecule has 0 heterocycles. The number of carbonyl (C=O) groups excluding carboxylic acids is 1. The summed E-state index contributed by atoms with van der Waals surface area (Å²) in [6.45, 7) is 5.49. The number of carbonyl (C=O) groups is 1. The number of nitrogens with zero attached hydrogens (tertiary/aromatic N) is 1. The predicted octanol–water partition coefficient (Wildman–Crippen LogP) is 1.91. The van der Waals surface area contributed by atoms with Crippen molar-refractivity contribution in [2.45, 2.75) is 26.8 Å². The van der Waals surface area contributed by atoms with E-state index in [0.717, 1.165) is 0 Å². The van der Waals surface area contributed by atoms with E-state index in [2.05, 4.69) is 5.32 Å². The molecule has 3 N–H and O–H groups in total. The summed E-state index contributed by atoms with van der Waals surface area (Å²) in [5, 5.41) is 13.3. The van der Waals surface area contributed by atoms with Crippen molar-refractivity contribution in [3.63, 3.8) is 0 Å². The molecule has 0 spiro atoms. The fourth-order valence-corrected chi connectivity index (χ4v) is 1.34. The first-order chi connectivity index (χ1) is 8.23. The van der Waals surface area contributed by atoms with Gasteiger partial charge in [-0.05, 0) is 11.5 Å². The minimum Gasteiger partial charge on any atom is -0.319 e. The lowest BCUT2D eigenvalue weighted by atomic mass is 9.87. The third-order valence-electron chi connectivity index (χ3n) is 2.57. The van der Waals surface area contributed by atoms with Crippen LogP contribution in [0.4, 0.5) is 11.4 Å². The van der Waals surface area contributed by atoms with Gasteiger partial charge in [-0.25, -0.2) is 0 Å². The first-order valence-corrected chi connectivity index (χ1v) is 5.53. The van der Waals surface area contributed by atoms with Crippen molar-refractivity contribution in [2.24, 2.45) is 11.1 Å². The van der Waals surface area contributed by atoms with Crippen LogP contribution in [0.3, 0.4) is 0 Å². The molecule has 6 heteroatoms. The topological polar surface area (TPSA) is 98.3 Å². The van der Waals surface area contributed by atoms with Crippen molar-refractivity contribution >= 4 is 17.3 Å². The van der Waals surface area contributed by atoms with Gasteiger partial charge < -0.3 is 11.1 Å². The minimum atomic E-state index is -0.739. The third kappa shape index (κ3) is 3.27. The van der Waals surface area contributed by atoms with Gasteiger partial charge in [0.05, 0.1) is 11.0 Å². The molecule has 1 aromatic carbocycles. The second kappa shape index (κ2) is 5.14. The molecule has 1 atom stereocenters. The Morgan fingerprint density at radius 2 is 1.94 bits per heavy atom. The second-order valence-corrected chi connectivity index (χ2v) is 5.11. The number of nitro groups is 1. The molecule has 98 valence electrons. The van der Waals surface area contributed by atoms with Crippen molar-refractivity contribution in [1.29, 1.82) is 0 Å². The quantitative estimate of drug-likeness (QED) is 0.633. The maximum absolute atomic E-state index is 11.9. The Balaban J connectivity index is 2.92. The maximum atomic E-state index is 11.9. The Morgan fingerprint density at radius 3 is 2.44 bits per heavy atom. The number of amides is 1. The average molecular weight is 251 g/mol. The van der Waals surface area contributed by atoms with Crippen molar-refractivity contribution < 1.29 is 9.72 Å². The highest BCUT2D eigenvalue weighted by Gasteiger charge is 2.28. The summed E-state index contributed by atoms with van der Waals surface area (Å²) >= 11 is 0. The summed E-state index contributed by atoms with van der Waals surface area (Å²) in [5.74, 6) is -0.434.